The van der Waals surface area contributed by atoms with E-state index in [9.17, 15) is 14.7 Å². The predicted molar refractivity (Wildman–Crippen MR) is 114 cm³/mol. The van der Waals surface area contributed by atoms with Gasteiger partial charge >= 0.3 is 0 Å². The Bertz CT molecular complexity index is 983. The van der Waals surface area contributed by atoms with Gasteiger partial charge in [0.2, 0.25) is 0 Å². The highest BCUT2D eigenvalue weighted by molar-refractivity contribution is 6.01. The second-order valence-electron chi connectivity index (χ2n) is 11.3. The molecule has 30 heavy (non-hydrogen) atoms. The number of furan rings is 1. The number of carbonyl (C=O) groups is 2. The van der Waals surface area contributed by atoms with Gasteiger partial charge in [0.15, 0.2) is 11.6 Å². The van der Waals surface area contributed by atoms with Crippen LogP contribution in [0.5, 0.6) is 0 Å². The summed E-state index contributed by atoms with van der Waals surface area (Å²) in [6, 6.07) is 1.89. The Kier molecular flexibility index (Phi) is 3.90. The molecular weight excluding hydrogens is 376 g/mol. The first-order valence-electron chi connectivity index (χ1n) is 11.2. The summed E-state index contributed by atoms with van der Waals surface area (Å²) in [6.07, 6.45) is 10.8. The average molecular weight is 409 g/mol. The van der Waals surface area contributed by atoms with Crippen LogP contribution < -0.4 is 0 Å². The molecule has 0 saturated heterocycles. The summed E-state index contributed by atoms with van der Waals surface area (Å²) in [6.45, 7) is 10.7. The van der Waals surface area contributed by atoms with Crippen LogP contribution in [0, 0.1) is 33.5 Å². The zero-order chi connectivity index (χ0) is 21.7. The third-order valence-corrected chi connectivity index (χ3v) is 9.71. The van der Waals surface area contributed by atoms with Crippen molar-refractivity contribution in [1.82, 2.24) is 0 Å². The maximum absolute atomic E-state index is 13.2. The van der Waals surface area contributed by atoms with E-state index in [1.165, 1.54) is 0 Å². The first kappa shape index (κ1) is 20.0. The lowest BCUT2D eigenvalue weighted by Gasteiger charge is -2.65. The number of aliphatic hydroxyl groups is 1. The summed E-state index contributed by atoms with van der Waals surface area (Å²) >= 11 is 0. The fraction of sp³-hybridized carbons (Fsp3) is 0.615. The van der Waals surface area contributed by atoms with Crippen LogP contribution in [0.3, 0.4) is 0 Å². The number of allylic oxidation sites excluding steroid dienone is 3. The molecule has 160 valence electrons. The van der Waals surface area contributed by atoms with Crippen LogP contribution in [0.15, 0.2) is 46.8 Å². The van der Waals surface area contributed by atoms with Crippen molar-refractivity contribution in [2.45, 2.75) is 65.9 Å². The molecular formula is C26H32O4. The second kappa shape index (κ2) is 5.85. The fourth-order valence-electron chi connectivity index (χ4n) is 8.09. The number of hydrogen-bond donors (Lipinski definition) is 1. The minimum Gasteiger partial charge on any atom is -0.472 e. The molecule has 4 nitrogen and oxygen atoms in total. The molecule has 4 heteroatoms. The van der Waals surface area contributed by atoms with Gasteiger partial charge in [-0.2, -0.15) is 0 Å². The zero-order valence-corrected chi connectivity index (χ0v) is 18.6. The summed E-state index contributed by atoms with van der Waals surface area (Å²) in [5.74, 6) is 0.281. The maximum atomic E-state index is 13.2. The van der Waals surface area contributed by atoms with Gasteiger partial charge < -0.3 is 9.52 Å². The van der Waals surface area contributed by atoms with Crippen molar-refractivity contribution in [3.05, 3.63) is 48.0 Å². The number of carbonyl (C=O) groups excluding carboxylic acids is 2. The zero-order valence-electron chi connectivity index (χ0n) is 18.6. The average Bonchev–Trinajstić information content (AvgIpc) is 3.27. The molecule has 0 aliphatic heterocycles. The van der Waals surface area contributed by atoms with Gasteiger partial charge in [-0.1, -0.05) is 46.3 Å². The first-order valence-corrected chi connectivity index (χ1v) is 11.2. The third-order valence-electron chi connectivity index (χ3n) is 9.71. The lowest BCUT2D eigenvalue weighted by Crippen LogP contribution is -2.63. The van der Waals surface area contributed by atoms with Crippen LogP contribution in [0.25, 0.3) is 0 Å². The third kappa shape index (κ3) is 2.16. The Hall–Kier alpha value is -1.94. The molecule has 0 amide bonds. The van der Waals surface area contributed by atoms with Crippen LogP contribution >= 0.6 is 0 Å². The summed E-state index contributed by atoms with van der Waals surface area (Å²) in [4.78, 5) is 25.9. The van der Waals surface area contributed by atoms with Crippen molar-refractivity contribution in [2.75, 3.05) is 0 Å². The van der Waals surface area contributed by atoms with Gasteiger partial charge in [0.1, 0.15) is 0 Å². The van der Waals surface area contributed by atoms with Crippen LogP contribution in [-0.2, 0) is 9.59 Å². The number of rotatable bonds is 1. The minimum absolute atomic E-state index is 0.0855. The molecule has 0 spiro atoms. The Balaban J connectivity index is 1.64. The standard InChI is InChI=1S/C26H32O4/c1-23(2)18-13-21(29)26(5)17(24(18,3)10-7-20(23)28)6-9-25(4)19(26)12-16(27)22(25)15-8-11-30-14-15/h7-8,10-12,14,17-18,21-22,29H,6,9,13H2,1-5H3/t17-,18+,21+,22+,24-,25-,26-/m1/s1. The highest BCUT2D eigenvalue weighted by Crippen LogP contribution is 2.72. The van der Waals surface area contributed by atoms with E-state index in [0.717, 1.165) is 24.0 Å². The van der Waals surface area contributed by atoms with E-state index in [0.29, 0.717) is 6.42 Å². The first-order chi connectivity index (χ1) is 14.0. The summed E-state index contributed by atoms with van der Waals surface area (Å²) in [5, 5.41) is 11.6. The molecule has 5 rings (SSSR count). The number of fused-ring (bicyclic) bond motifs is 5. The lowest BCUT2D eigenvalue weighted by molar-refractivity contribution is -0.163. The summed E-state index contributed by atoms with van der Waals surface area (Å²) in [5.41, 5.74) is 0.524. The number of aliphatic hydroxyl groups excluding tert-OH is 1. The van der Waals surface area contributed by atoms with Crippen molar-refractivity contribution in [1.29, 1.82) is 0 Å². The summed E-state index contributed by atoms with van der Waals surface area (Å²) < 4.78 is 5.31. The van der Waals surface area contributed by atoms with E-state index < -0.39 is 16.9 Å². The topological polar surface area (TPSA) is 67.5 Å². The Morgan fingerprint density at radius 3 is 2.50 bits per heavy atom. The fourth-order valence-corrected chi connectivity index (χ4v) is 8.09. The van der Waals surface area contributed by atoms with Crippen LogP contribution in [-0.4, -0.2) is 22.8 Å². The van der Waals surface area contributed by atoms with Gasteiger partial charge in [0.25, 0.3) is 0 Å². The lowest BCUT2D eigenvalue weighted by atomic mass is 9.38. The molecule has 1 aromatic heterocycles. The van der Waals surface area contributed by atoms with Crippen LogP contribution in [0.1, 0.15) is 65.4 Å². The highest BCUT2D eigenvalue weighted by atomic mass is 16.3. The van der Waals surface area contributed by atoms with Crippen molar-refractivity contribution >= 4 is 11.6 Å². The molecule has 0 bridgehead atoms. The largest absolute Gasteiger partial charge is 0.472 e. The smallest absolute Gasteiger partial charge is 0.164 e. The molecule has 1 N–H and O–H groups in total. The molecule has 2 fully saturated rings. The monoisotopic (exact) mass is 408 g/mol. The van der Waals surface area contributed by atoms with Gasteiger partial charge in [0.05, 0.1) is 24.5 Å². The molecule has 0 unspecified atom stereocenters. The van der Waals surface area contributed by atoms with Gasteiger partial charge in [-0.05, 0) is 54.7 Å². The van der Waals surface area contributed by atoms with Gasteiger partial charge in [0, 0.05) is 21.8 Å². The normalized spacial score (nSPS) is 46.8. The number of hydrogen-bond acceptors (Lipinski definition) is 4. The molecule has 0 radical (unpaired) electrons. The van der Waals surface area contributed by atoms with E-state index in [1.807, 2.05) is 26.0 Å². The van der Waals surface area contributed by atoms with Crippen LogP contribution in [0.2, 0.25) is 0 Å². The van der Waals surface area contributed by atoms with E-state index >= 15 is 0 Å². The molecule has 4 aliphatic rings. The molecule has 7 atom stereocenters. The highest BCUT2D eigenvalue weighted by Gasteiger charge is 2.68. The molecule has 1 heterocycles. The Morgan fingerprint density at radius 1 is 1.10 bits per heavy atom. The van der Waals surface area contributed by atoms with Crippen molar-refractivity contribution in [2.24, 2.45) is 33.5 Å². The van der Waals surface area contributed by atoms with Gasteiger partial charge in [-0.25, -0.2) is 0 Å². The molecule has 0 aromatic carbocycles. The molecule has 4 aliphatic carbocycles. The summed E-state index contributed by atoms with van der Waals surface area (Å²) in [7, 11) is 0. The van der Waals surface area contributed by atoms with E-state index in [-0.39, 0.29) is 40.2 Å². The quantitative estimate of drug-likeness (QED) is 0.721. The van der Waals surface area contributed by atoms with E-state index in [4.69, 9.17) is 4.42 Å². The Morgan fingerprint density at radius 2 is 1.83 bits per heavy atom. The molecule has 1 aromatic rings. The van der Waals surface area contributed by atoms with E-state index in [1.54, 1.807) is 18.6 Å². The number of ketones is 2. The van der Waals surface area contributed by atoms with Gasteiger partial charge in [-0.3, -0.25) is 9.59 Å². The molecule has 2 saturated carbocycles. The van der Waals surface area contributed by atoms with Crippen molar-refractivity contribution < 1.29 is 19.1 Å². The Labute approximate surface area is 178 Å². The van der Waals surface area contributed by atoms with Crippen LogP contribution in [0.4, 0.5) is 0 Å². The predicted octanol–water partition coefficient (Wildman–Crippen LogP) is 4.85. The SMILES string of the molecule is CC1(C)C(=O)C=C[C@]2(C)[C@H]3CC[C@]4(C)C(=CC(=O)[C@@H]4c4ccoc4)[C@]3(C)[C@@H](O)C[C@@H]12. The van der Waals surface area contributed by atoms with E-state index in [2.05, 4.69) is 26.8 Å². The van der Waals surface area contributed by atoms with Gasteiger partial charge in [-0.15, -0.1) is 0 Å². The maximum Gasteiger partial charge on any atom is 0.164 e. The van der Waals surface area contributed by atoms with Crippen molar-refractivity contribution in [3.63, 3.8) is 0 Å². The second-order valence-corrected chi connectivity index (χ2v) is 11.3. The van der Waals surface area contributed by atoms with Crippen molar-refractivity contribution in [3.8, 4) is 0 Å². The minimum atomic E-state index is -0.582.